The van der Waals surface area contributed by atoms with Gasteiger partial charge in [0.1, 0.15) is 11.2 Å². The van der Waals surface area contributed by atoms with Gasteiger partial charge in [0.05, 0.1) is 0 Å². The summed E-state index contributed by atoms with van der Waals surface area (Å²) in [6, 6.07) is 10.9. The molecule has 0 radical (unpaired) electrons. The maximum atomic E-state index is 12.0. The number of carbonyl (C=O) groups excluding carboxylic acids is 1. The standard InChI is InChI=1S/C20H23N5O3/c1-4-25-16(26)10-7-14-12-22-19(24-17(14)25)23-15-8-5-13(6-9-15)11-20(2,3)28-18(21)27/h5-10,12H,4,11H2,1-3H3,(H2,21,27)(H,22,23,24). The van der Waals surface area contributed by atoms with Crippen LogP contribution in [0.15, 0.2) is 47.4 Å². The Morgan fingerprint density at radius 2 is 1.93 bits per heavy atom. The second-order valence-corrected chi connectivity index (χ2v) is 7.07. The van der Waals surface area contributed by atoms with Gasteiger partial charge >= 0.3 is 6.09 Å². The number of nitrogens with two attached hydrogens (primary N) is 1. The maximum Gasteiger partial charge on any atom is 0.405 e. The van der Waals surface area contributed by atoms with Crippen LogP contribution in [0, 0.1) is 0 Å². The van der Waals surface area contributed by atoms with Crippen molar-refractivity contribution >= 4 is 28.8 Å². The summed E-state index contributed by atoms with van der Waals surface area (Å²) in [5.41, 5.74) is 6.72. The van der Waals surface area contributed by atoms with E-state index in [4.69, 9.17) is 10.5 Å². The first-order valence-electron chi connectivity index (χ1n) is 8.98. The van der Waals surface area contributed by atoms with Crippen LogP contribution in [-0.4, -0.2) is 26.2 Å². The fourth-order valence-electron chi connectivity index (χ4n) is 3.07. The molecule has 8 heteroatoms. The van der Waals surface area contributed by atoms with Crippen LogP contribution in [0.5, 0.6) is 0 Å². The summed E-state index contributed by atoms with van der Waals surface area (Å²) in [5.74, 6) is 0.408. The van der Waals surface area contributed by atoms with Crippen molar-refractivity contribution in [2.24, 2.45) is 5.73 Å². The predicted octanol–water partition coefficient (Wildman–Crippen LogP) is 2.97. The summed E-state index contributed by atoms with van der Waals surface area (Å²) in [6.45, 7) is 6.04. The van der Waals surface area contributed by atoms with Crippen LogP contribution < -0.4 is 16.6 Å². The molecular formula is C20H23N5O3. The van der Waals surface area contributed by atoms with Crippen molar-refractivity contribution in [3.05, 3.63) is 58.5 Å². The minimum atomic E-state index is -0.790. The molecule has 0 saturated heterocycles. The minimum Gasteiger partial charge on any atom is -0.443 e. The highest BCUT2D eigenvalue weighted by molar-refractivity contribution is 5.75. The van der Waals surface area contributed by atoms with Crippen molar-refractivity contribution in [1.29, 1.82) is 0 Å². The normalized spacial score (nSPS) is 11.4. The van der Waals surface area contributed by atoms with E-state index >= 15 is 0 Å². The molecule has 1 amide bonds. The lowest BCUT2D eigenvalue weighted by Gasteiger charge is -2.24. The van der Waals surface area contributed by atoms with Gasteiger partial charge in [0.15, 0.2) is 0 Å². The number of hydrogen-bond acceptors (Lipinski definition) is 6. The van der Waals surface area contributed by atoms with E-state index in [-0.39, 0.29) is 5.56 Å². The SMILES string of the molecule is CCn1c(=O)ccc2cnc(Nc3ccc(CC(C)(C)OC(N)=O)cc3)nc21. The molecule has 2 heterocycles. The fourth-order valence-corrected chi connectivity index (χ4v) is 3.07. The molecule has 0 aliphatic carbocycles. The summed E-state index contributed by atoms with van der Waals surface area (Å²) in [4.78, 5) is 31.8. The van der Waals surface area contributed by atoms with Gasteiger partial charge in [-0.3, -0.25) is 9.36 Å². The van der Waals surface area contributed by atoms with Gasteiger partial charge in [-0.15, -0.1) is 0 Å². The Hall–Kier alpha value is -3.42. The number of rotatable bonds is 6. The van der Waals surface area contributed by atoms with Crippen molar-refractivity contribution < 1.29 is 9.53 Å². The summed E-state index contributed by atoms with van der Waals surface area (Å²) in [6.07, 6.45) is 1.43. The molecule has 146 valence electrons. The Labute approximate surface area is 162 Å². The van der Waals surface area contributed by atoms with Crippen LogP contribution in [0.25, 0.3) is 11.0 Å². The number of nitrogens with one attached hydrogen (secondary N) is 1. The van der Waals surface area contributed by atoms with Gasteiger partial charge in [-0.1, -0.05) is 12.1 Å². The molecule has 0 aliphatic heterocycles. The highest BCUT2D eigenvalue weighted by Gasteiger charge is 2.22. The highest BCUT2D eigenvalue weighted by Crippen LogP contribution is 2.20. The summed E-state index contributed by atoms with van der Waals surface area (Å²) >= 11 is 0. The number of carbonyl (C=O) groups is 1. The number of amides is 1. The Morgan fingerprint density at radius 3 is 2.57 bits per heavy atom. The zero-order chi connectivity index (χ0) is 20.3. The Morgan fingerprint density at radius 1 is 1.21 bits per heavy atom. The highest BCUT2D eigenvalue weighted by atomic mass is 16.6. The van der Waals surface area contributed by atoms with Crippen molar-refractivity contribution in [2.75, 3.05) is 5.32 Å². The first-order chi connectivity index (χ1) is 13.3. The molecule has 3 aromatic rings. The Balaban J connectivity index is 1.79. The quantitative estimate of drug-likeness (QED) is 0.679. The summed E-state index contributed by atoms with van der Waals surface area (Å²) in [5, 5.41) is 3.95. The number of ether oxygens (including phenoxy) is 1. The zero-order valence-corrected chi connectivity index (χ0v) is 16.1. The molecule has 8 nitrogen and oxygen atoms in total. The molecule has 3 rings (SSSR count). The number of hydrogen-bond donors (Lipinski definition) is 2. The number of pyridine rings is 1. The van der Waals surface area contributed by atoms with Crippen LogP contribution >= 0.6 is 0 Å². The van der Waals surface area contributed by atoms with Crippen LogP contribution in [0.1, 0.15) is 26.3 Å². The van der Waals surface area contributed by atoms with Crippen molar-refractivity contribution in [3.8, 4) is 0 Å². The molecule has 0 aliphatic rings. The largest absolute Gasteiger partial charge is 0.443 e. The number of aromatic nitrogens is 3. The van der Waals surface area contributed by atoms with Gasteiger partial charge in [0.2, 0.25) is 5.95 Å². The molecule has 2 aromatic heterocycles. The Bertz CT molecular complexity index is 1060. The Kier molecular flexibility index (Phi) is 5.30. The summed E-state index contributed by atoms with van der Waals surface area (Å²) in [7, 11) is 0. The van der Waals surface area contributed by atoms with E-state index in [0.717, 1.165) is 16.6 Å². The van der Waals surface area contributed by atoms with Crippen molar-refractivity contribution in [2.45, 2.75) is 39.3 Å². The van der Waals surface area contributed by atoms with E-state index in [0.29, 0.717) is 24.6 Å². The molecule has 0 fully saturated rings. The molecule has 0 unspecified atom stereocenters. The molecule has 1 aromatic carbocycles. The average Bonchev–Trinajstić information content (AvgIpc) is 2.62. The smallest absolute Gasteiger partial charge is 0.405 e. The first kappa shape index (κ1) is 19.3. The molecule has 0 spiro atoms. The minimum absolute atomic E-state index is 0.0928. The van der Waals surface area contributed by atoms with E-state index < -0.39 is 11.7 Å². The monoisotopic (exact) mass is 381 g/mol. The zero-order valence-electron chi connectivity index (χ0n) is 16.1. The van der Waals surface area contributed by atoms with Crippen LogP contribution in [0.3, 0.4) is 0 Å². The van der Waals surface area contributed by atoms with E-state index in [1.807, 2.05) is 31.2 Å². The van der Waals surface area contributed by atoms with Gasteiger partial charge in [-0.25, -0.2) is 9.78 Å². The fraction of sp³-hybridized carbons (Fsp3) is 0.300. The third-order valence-corrected chi connectivity index (χ3v) is 4.26. The van der Waals surface area contributed by atoms with E-state index in [1.54, 1.807) is 30.7 Å². The van der Waals surface area contributed by atoms with Gasteiger partial charge < -0.3 is 15.8 Å². The van der Waals surface area contributed by atoms with Crippen LogP contribution in [0.4, 0.5) is 16.4 Å². The molecule has 3 N–H and O–H groups in total. The van der Waals surface area contributed by atoms with E-state index in [9.17, 15) is 9.59 Å². The lowest BCUT2D eigenvalue weighted by atomic mass is 9.98. The lowest BCUT2D eigenvalue weighted by Crippen LogP contribution is -2.33. The lowest BCUT2D eigenvalue weighted by molar-refractivity contribution is 0.0460. The topological polar surface area (TPSA) is 112 Å². The third kappa shape index (κ3) is 4.46. The van der Waals surface area contributed by atoms with E-state index in [2.05, 4.69) is 15.3 Å². The third-order valence-electron chi connectivity index (χ3n) is 4.26. The molecular weight excluding hydrogens is 358 g/mol. The maximum absolute atomic E-state index is 12.0. The molecule has 0 bridgehead atoms. The van der Waals surface area contributed by atoms with Gasteiger partial charge in [-0.05, 0) is 44.5 Å². The number of anilines is 2. The number of nitrogens with zero attached hydrogens (tertiary/aromatic N) is 3. The van der Waals surface area contributed by atoms with Gasteiger partial charge in [0.25, 0.3) is 5.56 Å². The molecule has 0 atom stereocenters. The number of fused-ring (bicyclic) bond motifs is 1. The average molecular weight is 381 g/mol. The van der Waals surface area contributed by atoms with E-state index in [1.165, 1.54) is 6.07 Å². The number of aryl methyl sites for hydroxylation is 1. The first-order valence-corrected chi connectivity index (χ1v) is 8.98. The van der Waals surface area contributed by atoms with Crippen LogP contribution in [0.2, 0.25) is 0 Å². The number of benzene rings is 1. The summed E-state index contributed by atoms with van der Waals surface area (Å²) < 4.78 is 6.72. The predicted molar refractivity (Wildman–Crippen MR) is 108 cm³/mol. The van der Waals surface area contributed by atoms with Gasteiger partial charge in [0, 0.05) is 36.3 Å². The number of primary amides is 1. The second kappa shape index (κ2) is 7.67. The molecule has 28 heavy (non-hydrogen) atoms. The van der Waals surface area contributed by atoms with Crippen molar-refractivity contribution in [1.82, 2.24) is 14.5 Å². The van der Waals surface area contributed by atoms with Crippen molar-refractivity contribution in [3.63, 3.8) is 0 Å². The van der Waals surface area contributed by atoms with Gasteiger partial charge in [-0.2, -0.15) is 4.98 Å². The molecule has 0 saturated carbocycles. The van der Waals surface area contributed by atoms with Crippen LogP contribution in [-0.2, 0) is 17.7 Å². The second-order valence-electron chi connectivity index (χ2n) is 7.07.